The van der Waals surface area contributed by atoms with Gasteiger partial charge < -0.3 is 14.8 Å². The maximum absolute atomic E-state index is 11.6. The van der Waals surface area contributed by atoms with Crippen molar-refractivity contribution in [2.45, 2.75) is 6.61 Å². The number of carbonyl (C=O) groups excluding carboxylic acids is 1. The summed E-state index contributed by atoms with van der Waals surface area (Å²) in [6.07, 6.45) is 1.47. The number of hydrogen-bond acceptors (Lipinski definition) is 4. The number of rotatable bonds is 6. The van der Waals surface area contributed by atoms with Gasteiger partial charge in [0, 0.05) is 22.7 Å². The van der Waals surface area contributed by atoms with Gasteiger partial charge in [-0.2, -0.15) is 5.26 Å². The molecule has 0 unspecified atom stereocenters. The molecule has 26 heavy (non-hydrogen) atoms. The average molecular weight is 391 g/mol. The van der Waals surface area contributed by atoms with Crippen LogP contribution in [0.25, 0.3) is 6.08 Å². The van der Waals surface area contributed by atoms with Crippen molar-refractivity contribution in [3.05, 3.63) is 63.1 Å². The predicted octanol–water partition coefficient (Wildman–Crippen LogP) is 4.23. The molecule has 0 spiro atoms. The van der Waals surface area contributed by atoms with Gasteiger partial charge in [-0.3, -0.25) is 4.79 Å². The Morgan fingerprint density at radius 2 is 2.00 bits per heavy atom. The van der Waals surface area contributed by atoms with Crippen LogP contribution in [0.5, 0.6) is 11.5 Å². The number of nitrogens with zero attached hydrogens (tertiary/aromatic N) is 1. The Morgan fingerprint density at radius 3 is 2.62 bits per heavy atom. The van der Waals surface area contributed by atoms with E-state index in [2.05, 4.69) is 5.32 Å². The molecule has 0 saturated carbocycles. The lowest BCUT2D eigenvalue weighted by Crippen LogP contribution is -2.19. The first-order valence-corrected chi connectivity index (χ1v) is 8.32. The third-order valence-corrected chi connectivity index (χ3v) is 4.08. The molecule has 0 aliphatic carbocycles. The Kier molecular flexibility index (Phi) is 6.90. The molecule has 2 rings (SSSR count). The highest BCUT2D eigenvalue weighted by Gasteiger charge is 2.10. The molecular formula is C19H16Cl2N2O3. The lowest BCUT2D eigenvalue weighted by molar-refractivity contribution is -0.116. The van der Waals surface area contributed by atoms with Crippen LogP contribution in [0.15, 0.2) is 42.0 Å². The highest BCUT2D eigenvalue weighted by Crippen LogP contribution is 2.30. The zero-order chi connectivity index (χ0) is 19.1. The van der Waals surface area contributed by atoms with Gasteiger partial charge in [0.15, 0.2) is 11.5 Å². The minimum absolute atomic E-state index is 0.00355. The third-order valence-electron chi connectivity index (χ3n) is 3.49. The van der Waals surface area contributed by atoms with Gasteiger partial charge in [-0.15, -0.1) is 0 Å². The summed E-state index contributed by atoms with van der Waals surface area (Å²) in [5.74, 6) is 0.524. The second-order valence-corrected chi connectivity index (χ2v) is 6.03. The monoisotopic (exact) mass is 390 g/mol. The smallest absolute Gasteiger partial charge is 0.261 e. The van der Waals surface area contributed by atoms with Crippen molar-refractivity contribution < 1.29 is 14.3 Å². The number of amides is 1. The van der Waals surface area contributed by atoms with Crippen LogP contribution in [0.2, 0.25) is 10.0 Å². The van der Waals surface area contributed by atoms with Crippen molar-refractivity contribution in [1.82, 2.24) is 5.32 Å². The highest BCUT2D eigenvalue weighted by molar-refractivity contribution is 6.35. The van der Waals surface area contributed by atoms with Gasteiger partial charge >= 0.3 is 0 Å². The summed E-state index contributed by atoms with van der Waals surface area (Å²) >= 11 is 12.0. The molecule has 2 aromatic rings. The summed E-state index contributed by atoms with van der Waals surface area (Å²) in [6, 6.07) is 12.1. The molecule has 1 amide bonds. The van der Waals surface area contributed by atoms with Crippen molar-refractivity contribution in [1.29, 1.82) is 5.26 Å². The third kappa shape index (κ3) is 4.92. The fourth-order valence-corrected chi connectivity index (χ4v) is 2.60. The van der Waals surface area contributed by atoms with Gasteiger partial charge in [0.2, 0.25) is 0 Å². The Labute approximate surface area is 161 Å². The second-order valence-electron chi connectivity index (χ2n) is 5.18. The first-order chi connectivity index (χ1) is 12.5. The van der Waals surface area contributed by atoms with Crippen LogP contribution in [0.4, 0.5) is 0 Å². The number of ether oxygens (including phenoxy) is 2. The SMILES string of the molecule is CNC(=O)/C(C#N)=C/c1ccc(OCc2ccc(Cl)cc2Cl)c(OC)c1. The summed E-state index contributed by atoms with van der Waals surface area (Å²) in [6.45, 7) is 0.239. The second kappa shape index (κ2) is 9.14. The zero-order valence-electron chi connectivity index (χ0n) is 14.2. The Hall–Kier alpha value is -2.68. The summed E-state index contributed by atoms with van der Waals surface area (Å²) in [7, 11) is 2.97. The first-order valence-electron chi connectivity index (χ1n) is 7.57. The van der Waals surface area contributed by atoms with E-state index in [1.165, 1.54) is 20.2 Å². The first kappa shape index (κ1) is 19.6. The molecule has 0 fully saturated rings. The largest absolute Gasteiger partial charge is 0.493 e. The van der Waals surface area contributed by atoms with Gasteiger partial charge in [-0.1, -0.05) is 35.3 Å². The van der Waals surface area contributed by atoms with Gasteiger partial charge in [-0.05, 0) is 35.9 Å². The molecule has 0 atom stereocenters. The van der Waals surface area contributed by atoms with Crippen LogP contribution in [0, 0.1) is 11.3 Å². The van der Waals surface area contributed by atoms with Crippen LogP contribution in [0.3, 0.4) is 0 Å². The highest BCUT2D eigenvalue weighted by atomic mass is 35.5. The van der Waals surface area contributed by atoms with Crippen LogP contribution < -0.4 is 14.8 Å². The maximum Gasteiger partial charge on any atom is 0.261 e. The fraction of sp³-hybridized carbons (Fsp3) is 0.158. The number of methoxy groups -OCH3 is 1. The molecule has 7 heteroatoms. The number of nitrogens with one attached hydrogen (secondary N) is 1. The maximum atomic E-state index is 11.6. The number of nitriles is 1. The van der Waals surface area contributed by atoms with Gasteiger partial charge in [0.25, 0.3) is 5.91 Å². The van der Waals surface area contributed by atoms with Gasteiger partial charge in [0.1, 0.15) is 18.2 Å². The molecule has 5 nitrogen and oxygen atoms in total. The summed E-state index contributed by atoms with van der Waals surface area (Å²) in [4.78, 5) is 11.6. The van der Waals surface area contributed by atoms with Crippen LogP contribution in [-0.2, 0) is 11.4 Å². The van der Waals surface area contributed by atoms with E-state index < -0.39 is 5.91 Å². The standard InChI is InChI=1S/C19H16Cl2N2O3/c1-23-19(24)14(10-22)7-12-3-6-17(18(8-12)25-2)26-11-13-4-5-15(20)9-16(13)21/h3-9H,11H2,1-2H3,(H,23,24)/b14-7+. The molecule has 0 aromatic heterocycles. The number of likely N-dealkylation sites (N-methyl/N-ethyl adjacent to an activating group) is 1. The van der Waals surface area contributed by atoms with E-state index in [-0.39, 0.29) is 12.2 Å². The van der Waals surface area contributed by atoms with E-state index in [0.717, 1.165) is 5.56 Å². The molecule has 0 aliphatic heterocycles. The van der Waals surface area contributed by atoms with Gasteiger partial charge in [-0.25, -0.2) is 0 Å². The van der Waals surface area contributed by atoms with Crippen molar-refractivity contribution >= 4 is 35.2 Å². The van der Waals surface area contributed by atoms with E-state index >= 15 is 0 Å². The summed E-state index contributed by atoms with van der Waals surface area (Å²) < 4.78 is 11.1. The molecule has 134 valence electrons. The average Bonchev–Trinajstić information content (AvgIpc) is 2.65. The fourth-order valence-electron chi connectivity index (χ4n) is 2.14. The topological polar surface area (TPSA) is 71.4 Å². The quantitative estimate of drug-likeness (QED) is 0.591. The predicted molar refractivity (Wildman–Crippen MR) is 101 cm³/mol. The molecule has 0 saturated heterocycles. The van der Waals surface area contributed by atoms with Crippen LogP contribution in [0.1, 0.15) is 11.1 Å². The molecule has 0 radical (unpaired) electrons. The Balaban J connectivity index is 2.22. The van der Waals surface area contributed by atoms with E-state index in [1.807, 2.05) is 6.07 Å². The lowest BCUT2D eigenvalue weighted by atomic mass is 10.1. The van der Waals surface area contributed by atoms with Crippen LogP contribution in [-0.4, -0.2) is 20.1 Å². The summed E-state index contributed by atoms with van der Waals surface area (Å²) in [5.41, 5.74) is 1.42. The minimum Gasteiger partial charge on any atom is -0.493 e. The van der Waals surface area contributed by atoms with E-state index in [9.17, 15) is 4.79 Å². The van der Waals surface area contributed by atoms with E-state index in [1.54, 1.807) is 36.4 Å². The van der Waals surface area contributed by atoms with Crippen molar-refractivity contribution in [3.8, 4) is 17.6 Å². The number of carbonyl (C=O) groups is 1. The van der Waals surface area contributed by atoms with E-state index in [4.69, 9.17) is 37.9 Å². The molecule has 0 bridgehead atoms. The molecular weight excluding hydrogens is 375 g/mol. The molecule has 1 N–H and O–H groups in total. The molecule has 2 aromatic carbocycles. The number of hydrogen-bond donors (Lipinski definition) is 1. The summed E-state index contributed by atoms with van der Waals surface area (Å²) in [5, 5.41) is 12.6. The van der Waals surface area contributed by atoms with Crippen LogP contribution >= 0.6 is 23.2 Å². The van der Waals surface area contributed by atoms with E-state index in [0.29, 0.717) is 27.1 Å². The molecule has 0 heterocycles. The van der Waals surface area contributed by atoms with Crippen molar-refractivity contribution in [3.63, 3.8) is 0 Å². The number of benzene rings is 2. The van der Waals surface area contributed by atoms with Crippen molar-refractivity contribution in [2.24, 2.45) is 0 Å². The Morgan fingerprint density at radius 1 is 1.23 bits per heavy atom. The lowest BCUT2D eigenvalue weighted by Gasteiger charge is -2.12. The van der Waals surface area contributed by atoms with Crippen molar-refractivity contribution in [2.75, 3.05) is 14.2 Å². The Bertz CT molecular complexity index is 889. The molecule has 0 aliphatic rings. The number of halogens is 2. The van der Waals surface area contributed by atoms with Gasteiger partial charge in [0.05, 0.1) is 7.11 Å². The normalized spacial score (nSPS) is 10.8. The zero-order valence-corrected chi connectivity index (χ0v) is 15.7. The minimum atomic E-state index is -0.454.